The van der Waals surface area contributed by atoms with E-state index in [2.05, 4.69) is 18.1 Å². The van der Waals surface area contributed by atoms with E-state index >= 15 is 0 Å². The second-order valence-electron chi connectivity index (χ2n) is 6.27. The van der Waals surface area contributed by atoms with Crippen LogP contribution in [0.25, 0.3) is 5.69 Å². The number of aromatic nitrogens is 2. The van der Waals surface area contributed by atoms with Gasteiger partial charge in [0, 0.05) is 13.1 Å². The number of carbonyl (C=O) groups is 1. The number of para-hydroxylation sites is 1. The van der Waals surface area contributed by atoms with Crippen LogP contribution < -0.4 is 0 Å². The highest BCUT2D eigenvalue weighted by Gasteiger charge is 2.16. The lowest BCUT2D eigenvalue weighted by Gasteiger charge is -2.24. The molecular formula is C18H23N3OS3. The lowest BCUT2D eigenvalue weighted by molar-refractivity contribution is -0.128. The van der Waals surface area contributed by atoms with E-state index in [1.165, 1.54) is 42.4 Å². The minimum atomic E-state index is 0.218. The Balaban J connectivity index is 1.64. The van der Waals surface area contributed by atoms with Crippen LogP contribution in [0.2, 0.25) is 0 Å². The van der Waals surface area contributed by atoms with E-state index in [4.69, 9.17) is 12.2 Å². The van der Waals surface area contributed by atoms with Crippen LogP contribution in [0.3, 0.4) is 0 Å². The highest BCUT2D eigenvalue weighted by Crippen LogP contribution is 2.25. The number of hydrogen-bond acceptors (Lipinski definition) is 5. The van der Waals surface area contributed by atoms with Crippen molar-refractivity contribution in [3.63, 3.8) is 0 Å². The first-order valence-corrected chi connectivity index (χ1v) is 10.9. The summed E-state index contributed by atoms with van der Waals surface area (Å²) in [7, 11) is 0. The van der Waals surface area contributed by atoms with Gasteiger partial charge in [0.1, 0.15) is 0 Å². The van der Waals surface area contributed by atoms with E-state index in [1.54, 1.807) is 4.68 Å². The van der Waals surface area contributed by atoms with Crippen LogP contribution in [-0.2, 0) is 4.79 Å². The molecule has 1 aliphatic heterocycles. The van der Waals surface area contributed by atoms with Gasteiger partial charge in [0.15, 0.2) is 8.29 Å². The maximum atomic E-state index is 12.5. The second kappa shape index (κ2) is 8.96. The third-order valence-corrected chi connectivity index (χ3v) is 6.75. The fraction of sp³-hybridized carbons (Fsp3) is 0.500. The van der Waals surface area contributed by atoms with Gasteiger partial charge in [0.25, 0.3) is 0 Å². The lowest BCUT2D eigenvalue weighted by atomic mass is 10.1. The lowest BCUT2D eigenvalue weighted by Crippen LogP contribution is -2.35. The third-order valence-electron chi connectivity index (χ3n) is 4.40. The predicted octanol–water partition coefficient (Wildman–Crippen LogP) is 4.86. The molecule has 0 aliphatic carbocycles. The summed E-state index contributed by atoms with van der Waals surface area (Å²) >= 11 is 8.43. The van der Waals surface area contributed by atoms with E-state index in [-0.39, 0.29) is 5.91 Å². The van der Waals surface area contributed by atoms with Gasteiger partial charge in [-0.1, -0.05) is 60.6 Å². The highest BCUT2D eigenvalue weighted by atomic mass is 32.2. The first kappa shape index (κ1) is 18.6. The standard InChI is InChI=1S/C18H23N3OS3/c1-14-9-5-6-10-15(14)21-18(23)25-17(19-21)24-13-16(22)20-11-7-3-2-4-8-12-20/h5-6,9-10H,2-4,7-8,11-13H2,1H3. The summed E-state index contributed by atoms with van der Waals surface area (Å²) in [5, 5.41) is 4.61. The molecule has 0 unspecified atom stereocenters. The Morgan fingerprint density at radius 2 is 1.88 bits per heavy atom. The van der Waals surface area contributed by atoms with Gasteiger partial charge >= 0.3 is 0 Å². The second-order valence-corrected chi connectivity index (χ2v) is 9.11. The molecule has 25 heavy (non-hydrogen) atoms. The van der Waals surface area contributed by atoms with Crippen molar-refractivity contribution in [1.82, 2.24) is 14.7 Å². The quantitative estimate of drug-likeness (QED) is 0.549. The Labute approximate surface area is 162 Å². The van der Waals surface area contributed by atoms with Gasteiger partial charge in [0.2, 0.25) is 5.91 Å². The fourth-order valence-corrected chi connectivity index (χ4v) is 5.23. The van der Waals surface area contributed by atoms with Gasteiger partial charge in [0.05, 0.1) is 11.4 Å². The number of carbonyl (C=O) groups excluding carboxylic acids is 1. The molecule has 2 aromatic rings. The van der Waals surface area contributed by atoms with E-state index in [1.807, 2.05) is 23.1 Å². The van der Waals surface area contributed by atoms with Crippen LogP contribution in [0.4, 0.5) is 0 Å². The van der Waals surface area contributed by atoms with Gasteiger partial charge in [-0.2, -0.15) is 0 Å². The Hall–Kier alpha value is -1.18. The normalized spacial score (nSPS) is 15.6. The highest BCUT2D eigenvalue weighted by molar-refractivity contribution is 8.01. The Morgan fingerprint density at radius 1 is 1.20 bits per heavy atom. The Morgan fingerprint density at radius 3 is 2.60 bits per heavy atom. The molecule has 2 heterocycles. The van der Waals surface area contributed by atoms with Crippen molar-refractivity contribution in [1.29, 1.82) is 0 Å². The molecule has 134 valence electrons. The minimum absolute atomic E-state index is 0.218. The summed E-state index contributed by atoms with van der Waals surface area (Å²) in [6.45, 7) is 3.84. The van der Waals surface area contributed by atoms with Crippen LogP contribution in [-0.4, -0.2) is 39.4 Å². The number of hydrogen-bond donors (Lipinski definition) is 0. The number of thioether (sulfide) groups is 1. The van der Waals surface area contributed by atoms with Crippen molar-refractivity contribution in [2.24, 2.45) is 0 Å². The molecule has 1 saturated heterocycles. The zero-order valence-electron chi connectivity index (χ0n) is 14.4. The molecule has 1 aromatic heterocycles. The maximum Gasteiger partial charge on any atom is 0.233 e. The van der Waals surface area contributed by atoms with Crippen LogP contribution >= 0.6 is 35.3 Å². The molecule has 1 fully saturated rings. The maximum absolute atomic E-state index is 12.5. The number of benzene rings is 1. The smallest absolute Gasteiger partial charge is 0.233 e. The molecule has 1 aliphatic rings. The summed E-state index contributed by atoms with van der Waals surface area (Å²) in [4.78, 5) is 14.5. The topological polar surface area (TPSA) is 38.1 Å². The summed E-state index contributed by atoms with van der Waals surface area (Å²) in [6.07, 6.45) is 6.02. The third kappa shape index (κ3) is 4.92. The molecule has 3 rings (SSSR count). The molecule has 0 atom stereocenters. The summed E-state index contributed by atoms with van der Waals surface area (Å²) in [6, 6.07) is 8.06. The van der Waals surface area contributed by atoms with Crippen molar-refractivity contribution in [3.05, 3.63) is 33.8 Å². The molecule has 4 nitrogen and oxygen atoms in total. The van der Waals surface area contributed by atoms with Gasteiger partial charge in [-0.25, -0.2) is 4.68 Å². The fourth-order valence-electron chi connectivity index (χ4n) is 2.98. The number of amides is 1. The zero-order chi connectivity index (χ0) is 17.6. The van der Waals surface area contributed by atoms with E-state index in [0.717, 1.165) is 45.5 Å². The Kier molecular flexibility index (Phi) is 6.67. The van der Waals surface area contributed by atoms with Gasteiger partial charge in [-0.15, -0.1) is 5.10 Å². The number of likely N-dealkylation sites (tertiary alicyclic amines) is 1. The predicted molar refractivity (Wildman–Crippen MR) is 107 cm³/mol. The molecule has 1 aromatic carbocycles. The molecule has 1 amide bonds. The largest absolute Gasteiger partial charge is 0.342 e. The van der Waals surface area contributed by atoms with Crippen LogP contribution in [0.15, 0.2) is 28.6 Å². The summed E-state index contributed by atoms with van der Waals surface area (Å²) < 4.78 is 3.38. The van der Waals surface area contributed by atoms with Crippen molar-refractivity contribution >= 4 is 41.2 Å². The molecule has 0 bridgehead atoms. The van der Waals surface area contributed by atoms with Crippen LogP contribution in [0, 0.1) is 10.9 Å². The molecule has 7 heteroatoms. The number of rotatable bonds is 4. The van der Waals surface area contributed by atoms with Crippen molar-refractivity contribution in [2.45, 2.75) is 43.4 Å². The van der Waals surface area contributed by atoms with Gasteiger partial charge in [-0.05, 0) is 43.6 Å². The monoisotopic (exact) mass is 393 g/mol. The molecular weight excluding hydrogens is 370 g/mol. The molecule has 0 radical (unpaired) electrons. The van der Waals surface area contributed by atoms with E-state index in [0.29, 0.717) is 5.75 Å². The van der Waals surface area contributed by atoms with Gasteiger partial charge < -0.3 is 4.90 Å². The average molecular weight is 394 g/mol. The van der Waals surface area contributed by atoms with Gasteiger partial charge in [-0.3, -0.25) is 4.79 Å². The van der Waals surface area contributed by atoms with Crippen molar-refractivity contribution in [3.8, 4) is 5.69 Å². The van der Waals surface area contributed by atoms with Crippen LogP contribution in [0.5, 0.6) is 0 Å². The average Bonchev–Trinajstić information content (AvgIpc) is 2.93. The molecule has 0 saturated carbocycles. The van der Waals surface area contributed by atoms with E-state index < -0.39 is 0 Å². The zero-order valence-corrected chi connectivity index (χ0v) is 16.9. The number of aryl methyl sites for hydroxylation is 1. The number of nitrogens with zero attached hydrogens (tertiary/aromatic N) is 3. The SMILES string of the molecule is Cc1ccccc1-n1nc(SCC(=O)N2CCCCCCC2)sc1=S. The first-order chi connectivity index (χ1) is 12.1. The Bertz CT molecular complexity index is 776. The van der Waals surface area contributed by atoms with Crippen molar-refractivity contribution < 1.29 is 4.79 Å². The van der Waals surface area contributed by atoms with Crippen LogP contribution in [0.1, 0.15) is 37.7 Å². The van der Waals surface area contributed by atoms with Crippen molar-refractivity contribution in [2.75, 3.05) is 18.8 Å². The first-order valence-electron chi connectivity index (χ1n) is 8.72. The minimum Gasteiger partial charge on any atom is -0.342 e. The van der Waals surface area contributed by atoms with E-state index in [9.17, 15) is 4.79 Å². The summed E-state index contributed by atoms with van der Waals surface area (Å²) in [5.41, 5.74) is 2.14. The molecule has 0 spiro atoms. The molecule has 0 N–H and O–H groups in total. The summed E-state index contributed by atoms with van der Waals surface area (Å²) in [5.74, 6) is 0.659.